The Labute approximate surface area is 112 Å². The molecule has 1 amide bonds. The van der Waals surface area contributed by atoms with E-state index in [1.807, 2.05) is 38.1 Å². The highest BCUT2D eigenvalue weighted by molar-refractivity contribution is 5.91. The van der Waals surface area contributed by atoms with Gasteiger partial charge < -0.3 is 9.84 Å². The fraction of sp³-hybridized carbons (Fsp3) is 0.357. The van der Waals surface area contributed by atoms with Crippen molar-refractivity contribution in [1.82, 2.24) is 10.1 Å². The van der Waals surface area contributed by atoms with Crippen molar-refractivity contribution in [2.24, 2.45) is 5.92 Å². The van der Waals surface area contributed by atoms with Crippen molar-refractivity contribution in [2.45, 2.75) is 27.2 Å². The summed E-state index contributed by atoms with van der Waals surface area (Å²) in [4.78, 5) is 15.8. The molecule has 1 aromatic carbocycles. The zero-order valence-electron chi connectivity index (χ0n) is 11.3. The Morgan fingerprint density at radius 2 is 2.00 bits per heavy atom. The first-order chi connectivity index (χ1) is 9.04. The van der Waals surface area contributed by atoms with E-state index < -0.39 is 0 Å². The molecule has 0 radical (unpaired) electrons. The molecular weight excluding hydrogens is 242 g/mol. The molecule has 0 aliphatic heterocycles. The van der Waals surface area contributed by atoms with Crippen LogP contribution in [0.4, 0.5) is 5.69 Å². The van der Waals surface area contributed by atoms with Crippen molar-refractivity contribution in [3.63, 3.8) is 0 Å². The standard InChI is InChI=1S/C14H17N3O2/c1-9(2)8-13(18)16-12-6-4-11(5-7-12)14-15-10(3)17-19-14/h4-7,9H,8H2,1-3H3,(H,16,18). The molecule has 1 heterocycles. The lowest BCUT2D eigenvalue weighted by Crippen LogP contribution is -2.13. The number of carbonyl (C=O) groups is 1. The summed E-state index contributed by atoms with van der Waals surface area (Å²) in [5.41, 5.74) is 1.60. The minimum atomic E-state index is 0.0244. The number of aromatic nitrogens is 2. The van der Waals surface area contributed by atoms with Crippen LogP contribution in [0.2, 0.25) is 0 Å². The second-order valence-electron chi connectivity index (χ2n) is 4.87. The van der Waals surface area contributed by atoms with Gasteiger partial charge in [0, 0.05) is 17.7 Å². The molecule has 0 saturated heterocycles. The number of hydrogen-bond acceptors (Lipinski definition) is 4. The summed E-state index contributed by atoms with van der Waals surface area (Å²) >= 11 is 0. The maximum absolute atomic E-state index is 11.6. The maximum Gasteiger partial charge on any atom is 0.257 e. The summed E-state index contributed by atoms with van der Waals surface area (Å²) in [5, 5.41) is 6.59. The fourth-order valence-corrected chi connectivity index (χ4v) is 1.69. The Bertz CT molecular complexity index is 558. The van der Waals surface area contributed by atoms with Crippen LogP contribution in [0.5, 0.6) is 0 Å². The normalized spacial score (nSPS) is 10.7. The minimum absolute atomic E-state index is 0.0244. The van der Waals surface area contributed by atoms with Crippen LogP contribution in [-0.4, -0.2) is 16.0 Å². The van der Waals surface area contributed by atoms with E-state index in [0.29, 0.717) is 24.1 Å². The Morgan fingerprint density at radius 1 is 1.32 bits per heavy atom. The number of nitrogens with zero attached hydrogens (tertiary/aromatic N) is 2. The molecule has 0 spiro atoms. The molecule has 5 nitrogen and oxygen atoms in total. The van der Waals surface area contributed by atoms with Crippen molar-refractivity contribution in [3.05, 3.63) is 30.1 Å². The summed E-state index contributed by atoms with van der Waals surface area (Å²) in [6.07, 6.45) is 0.518. The number of aryl methyl sites for hydroxylation is 1. The van der Waals surface area contributed by atoms with E-state index in [2.05, 4.69) is 15.5 Å². The van der Waals surface area contributed by atoms with E-state index in [-0.39, 0.29) is 5.91 Å². The highest BCUT2D eigenvalue weighted by Gasteiger charge is 2.08. The van der Waals surface area contributed by atoms with Gasteiger partial charge in [-0.1, -0.05) is 19.0 Å². The smallest absolute Gasteiger partial charge is 0.257 e. The lowest BCUT2D eigenvalue weighted by molar-refractivity contribution is -0.116. The van der Waals surface area contributed by atoms with Crippen molar-refractivity contribution < 1.29 is 9.32 Å². The summed E-state index contributed by atoms with van der Waals surface area (Å²) in [6.45, 7) is 5.80. The van der Waals surface area contributed by atoms with Gasteiger partial charge in [-0.05, 0) is 37.1 Å². The first-order valence-corrected chi connectivity index (χ1v) is 6.25. The average molecular weight is 259 g/mol. The maximum atomic E-state index is 11.6. The zero-order chi connectivity index (χ0) is 13.8. The van der Waals surface area contributed by atoms with E-state index in [4.69, 9.17) is 4.52 Å². The SMILES string of the molecule is Cc1noc(-c2ccc(NC(=O)CC(C)C)cc2)n1. The van der Waals surface area contributed by atoms with Gasteiger partial charge in [-0.3, -0.25) is 4.79 Å². The third-order valence-electron chi connectivity index (χ3n) is 2.54. The van der Waals surface area contributed by atoms with Crippen molar-refractivity contribution in [3.8, 4) is 11.5 Å². The molecule has 19 heavy (non-hydrogen) atoms. The van der Waals surface area contributed by atoms with Gasteiger partial charge in [0.2, 0.25) is 5.91 Å². The molecule has 0 aliphatic carbocycles. The van der Waals surface area contributed by atoms with Crippen LogP contribution >= 0.6 is 0 Å². The minimum Gasteiger partial charge on any atom is -0.334 e. The lowest BCUT2D eigenvalue weighted by Gasteiger charge is -2.07. The molecule has 0 bridgehead atoms. The zero-order valence-corrected chi connectivity index (χ0v) is 11.3. The molecule has 0 saturated carbocycles. The van der Waals surface area contributed by atoms with Crippen molar-refractivity contribution >= 4 is 11.6 Å². The van der Waals surface area contributed by atoms with E-state index in [0.717, 1.165) is 11.3 Å². The first-order valence-electron chi connectivity index (χ1n) is 6.25. The third kappa shape index (κ3) is 3.64. The molecule has 5 heteroatoms. The predicted octanol–water partition coefficient (Wildman–Crippen LogP) is 3.03. The number of anilines is 1. The van der Waals surface area contributed by atoms with Crippen molar-refractivity contribution in [2.75, 3.05) is 5.32 Å². The Balaban J connectivity index is 2.04. The van der Waals surface area contributed by atoms with Crippen LogP contribution < -0.4 is 5.32 Å². The monoisotopic (exact) mass is 259 g/mol. The van der Waals surface area contributed by atoms with Gasteiger partial charge in [-0.25, -0.2) is 0 Å². The Morgan fingerprint density at radius 3 is 2.53 bits per heavy atom. The second kappa shape index (κ2) is 5.65. The second-order valence-corrected chi connectivity index (χ2v) is 4.87. The van der Waals surface area contributed by atoms with Crippen LogP contribution in [0.3, 0.4) is 0 Å². The summed E-state index contributed by atoms with van der Waals surface area (Å²) in [5.74, 6) is 1.46. The van der Waals surface area contributed by atoms with Gasteiger partial charge in [0.05, 0.1) is 0 Å². The molecule has 0 aliphatic rings. The van der Waals surface area contributed by atoms with Crippen LogP contribution in [0.15, 0.2) is 28.8 Å². The molecule has 1 aromatic heterocycles. The van der Waals surface area contributed by atoms with Gasteiger partial charge in [0.15, 0.2) is 5.82 Å². The Hall–Kier alpha value is -2.17. The van der Waals surface area contributed by atoms with Crippen LogP contribution in [-0.2, 0) is 4.79 Å². The van der Waals surface area contributed by atoms with Gasteiger partial charge in [0.1, 0.15) is 0 Å². The molecule has 100 valence electrons. The summed E-state index contributed by atoms with van der Waals surface area (Å²) in [7, 11) is 0. The molecule has 2 aromatic rings. The molecule has 0 unspecified atom stereocenters. The van der Waals surface area contributed by atoms with E-state index in [1.165, 1.54) is 0 Å². The highest BCUT2D eigenvalue weighted by Crippen LogP contribution is 2.19. The lowest BCUT2D eigenvalue weighted by atomic mass is 10.1. The average Bonchev–Trinajstić information content (AvgIpc) is 2.75. The van der Waals surface area contributed by atoms with Gasteiger partial charge >= 0.3 is 0 Å². The fourth-order valence-electron chi connectivity index (χ4n) is 1.69. The van der Waals surface area contributed by atoms with Crippen LogP contribution in [0.1, 0.15) is 26.1 Å². The third-order valence-corrected chi connectivity index (χ3v) is 2.54. The van der Waals surface area contributed by atoms with E-state index >= 15 is 0 Å². The number of hydrogen-bond donors (Lipinski definition) is 1. The molecule has 0 atom stereocenters. The van der Waals surface area contributed by atoms with E-state index in [9.17, 15) is 4.79 Å². The predicted molar refractivity (Wildman–Crippen MR) is 72.6 cm³/mol. The van der Waals surface area contributed by atoms with Gasteiger partial charge in [-0.2, -0.15) is 4.98 Å². The number of benzene rings is 1. The number of rotatable bonds is 4. The summed E-state index contributed by atoms with van der Waals surface area (Å²) in [6, 6.07) is 7.34. The molecule has 0 fully saturated rings. The topological polar surface area (TPSA) is 68.0 Å². The largest absolute Gasteiger partial charge is 0.334 e. The number of carbonyl (C=O) groups excluding carboxylic acids is 1. The van der Waals surface area contributed by atoms with Gasteiger partial charge in [0.25, 0.3) is 5.89 Å². The number of amides is 1. The van der Waals surface area contributed by atoms with E-state index in [1.54, 1.807) is 6.92 Å². The first kappa shape index (κ1) is 13.3. The summed E-state index contributed by atoms with van der Waals surface area (Å²) < 4.78 is 5.08. The molecular formula is C14H17N3O2. The van der Waals surface area contributed by atoms with Crippen LogP contribution in [0, 0.1) is 12.8 Å². The Kier molecular flexibility index (Phi) is 3.94. The van der Waals surface area contributed by atoms with Crippen molar-refractivity contribution in [1.29, 1.82) is 0 Å². The molecule has 2 rings (SSSR count). The molecule has 1 N–H and O–H groups in total. The highest BCUT2D eigenvalue weighted by atomic mass is 16.5. The quantitative estimate of drug-likeness (QED) is 0.916. The number of nitrogens with one attached hydrogen (secondary N) is 1. The van der Waals surface area contributed by atoms with Gasteiger partial charge in [-0.15, -0.1) is 0 Å². The van der Waals surface area contributed by atoms with Crippen LogP contribution in [0.25, 0.3) is 11.5 Å².